The summed E-state index contributed by atoms with van der Waals surface area (Å²) in [5, 5.41) is 10.5. The molecule has 0 radical (unpaired) electrons. The normalized spacial score (nSPS) is 20.3. The lowest BCUT2D eigenvalue weighted by Crippen LogP contribution is -2.07. The van der Waals surface area contributed by atoms with Crippen molar-refractivity contribution in [2.75, 3.05) is 6.26 Å². The Labute approximate surface area is 157 Å². The van der Waals surface area contributed by atoms with Crippen LogP contribution in [0.1, 0.15) is 47.2 Å². The highest BCUT2D eigenvalue weighted by atomic mass is 32.2. The summed E-state index contributed by atoms with van der Waals surface area (Å²) in [5.41, 5.74) is 2.30. The molecule has 0 N–H and O–H groups in total. The van der Waals surface area contributed by atoms with Gasteiger partial charge in [-0.2, -0.15) is 5.26 Å². The number of para-hydroxylation sites is 1. The van der Waals surface area contributed by atoms with Crippen LogP contribution in [0.4, 0.5) is 0 Å². The third kappa shape index (κ3) is 3.02. The summed E-state index contributed by atoms with van der Waals surface area (Å²) < 4.78 is 24.9. The predicted molar refractivity (Wildman–Crippen MR) is 103 cm³/mol. The van der Waals surface area contributed by atoms with E-state index < -0.39 is 9.84 Å². The van der Waals surface area contributed by atoms with Crippen molar-refractivity contribution in [2.45, 2.75) is 36.0 Å². The summed E-state index contributed by atoms with van der Waals surface area (Å²) in [5.74, 6) is 0.597. The number of sulfone groups is 1. The minimum Gasteiger partial charge on any atom is -0.241 e. The van der Waals surface area contributed by atoms with E-state index in [1.54, 1.807) is 23.5 Å². The Kier molecular flexibility index (Phi) is 4.29. The first kappa shape index (κ1) is 17.2. The van der Waals surface area contributed by atoms with Crippen LogP contribution in [0.2, 0.25) is 0 Å². The molecule has 0 amide bonds. The predicted octanol–water partition coefficient (Wildman–Crippen LogP) is 4.62. The zero-order chi connectivity index (χ0) is 18.3. The highest BCUT2D eigenvalue weighted by Crippen LogP contribution is 2.48. The summed E-state index contributed by atoms with van der Waals surface area (Å²) >= 11 is 1.74. The molecule has 4 rings (SSSR count). The van der Waals surface area contributed by atoms with Gasteiger partial charge >= 0.3 is 0 Å². The van der Waals surface area contributed by atoms with E-state index in [1.165, 1.54) is 4.70 Å². The third-order valence-electron chi connectivity index (χ3n) is 5.10. The number of fused-ring (bicyclic) bond motifs is 1. The Morgan fingerprint density at radius 2 is 1.92 bits per heavy atom. The molecule has 26 heavy (non-hydrogen) atoms. The summed E-state index contributed by atoms with van der Waals surface area (Å²) in [6, 6.07) is 15.4. The van der Waals surface area contributed by atoms with Crippen molar-refractivity contribution < 1.29 is 8.42 Å². The van der Waals surface area contributed by atoms with Crippen molar-refractivity contribution >= 4 is 31.4 Å². The fraction of sp³-hybridized carbons (Fsp3) is 0.300. The molecule has 0 aliphatic heterocycles. The minimum absolute atomic E-state index is 0.110. The van der Waals surface area contributed by atoms with Crippen molar-refractivity contribution in [1.29, 1.82) is 5.26 Å². The van der Waals surface area contributed by atoms with Crippen molar-refractivity contribution in [2.24, 2.45) is 0 Å². The molecule has 1 aliphatic rings. The lowest BCUT2D eigenvalue weighted by Gasteiger charge is -2.19. The average molecular weight is 383 g/mol. The van der Waals surface area contributed by atoms with Gasteiger partial charge in [0, 0.05) is 12.2 Å². The summed E-state index contributed by atoms with van der Waals surface area (Å²) in [4.78, 5) is 4.94. The van der Waals surface area contributed by atoms with Gasteiger partial charge in [0.25, 0.3) is 0 Å². The van der Waals surface area contributed by atoms with Crippen LogP contribution < -0.4 is 0 Å². The lowest BCUT2D eigenvalue weighted by atomic mass is 9.88. The molecule has 0 bridgehead atoms. The van der Waals surface area contributed by atoms with Crippen LogP contribution in [0.25, 0.3) is 10.2 Å². The van der Waals surface area contributed by atoms with Gasteiger partial charge in [-0.25, -0.2) is 13.4 Å². The molecule has 0 saturated heterocycles. The molecule has 1 saturated carbocycles. The topological polar surface area (TPSA) is 70.8 Å². The third-order valence-corrected chi connectivity index (χ3v) is 7.42. The summed E-state index contributed by atoms with van der Waals surface area (Å²) in [6.07, 6.45) is 4.35. The zero-order valence-corrected chi connectivity index (χ0v) is 16.0. The number of nitrogens with zero attached hydrogens (tertiary/aromatic N) is 2. The SMILES string of the molecule is CS(=O)(=O)c1ccc(C2CCCC2c2nc3ccccc3s2)cc1C#N. The molecule has 2 aromatic carbocycles. The Morgan fingerprint density at radius 3 is 2.65 bits per heavy atom. The Morgan fingerprint density at radius 1 is 1.15 bits per heavy atom. The first-order valence-corrected chi connectivity index (χ1v) is 11.3. The van der Waals surface area contributed by atoms with E-state index in [0.717, 1.165) is 41.6 Å². The molecule has 3 aromatic rings. The number of benzene rings is 2. The standard InChI is InChI=1S/C20H18N2O2S2/c1-26(23,24)19-10-9-13(11-14(19)12-21)15-5-4-6-16(15)20-22-17-7-2-3-8-18(17)25-20/h2-3,7-11,15-16H,4-6H2,1H3. The average Bonchev–Trinajstić information content (AvgIpc) is 3.26. The van der Waals surface area contributed by atoms with Gasteiger partial charge in [-0.15, -0.1) is 11.3 Å². The molecule has 0 spiro atoms. The lowest BCUT2D eigenvalue weighted by molar-refractivity contribution is 0.600. The minimum atomic E-state index is -3.40. The van der Waals surface area contributed by atoms with Crippen LogP contribution in [-0.2, 0) is 9.84 Å². The fourth-order valence-electron chi connectivity index (χ4n) is 3.89. The van der Waals surface area contributed by atoms with Crippen molar-refractivity contribution in [3.63, 3.8) is 0 Å². The van der Waals surface area contributed by atoms with Gasteiger partial charge < -0.3 is 0 Å². The Hall–Kier alpha value is -2.23. The molecule has 4 nitrogen and oxygen atoms in total. The van der Waals surface area contributed by atoms with Gasteiger partial charge in [0.2, 0.25) is 0 Å². The summed E-state index contributed by atoms with van der Waals surface area (Å²) in [7, 11) is -3.40. The number of rotatable bonds is 3. The van der Waals surface area contributed by atoms with Crippen LogP contribution in [0, 0.1) is 11.3 Å². The summed E-state index contributed by atoms with van der Waals surface area (Å²) in [6.45, 7) is 0. The van der Waals surface area contributed by atoms with E-state index in [0.29, 0.717) is 5.92 Å². The van der Waals surface area contributed by atoms with E-state index in [9.17, 15) is 13.7 Å². The van der Waals surface area contributed by atoms with Gasteiger partial charge in [0.1, 0.15) is 6.07 Å². The molecular weight excluding hydrogens is 364 g/mol. The fourth-order valence-corrected chi connectivity index (χ4v) is 5.88. The molecule has 1 fully saturated rings. The quantitative estimate of drug-likeness (QED) is 0.662. The van der Waals surface area contributed by atoms with E-state index in [4.69, 9.17) is 4.98 Å². The van der Waals surface area contributed by atoms with E-state index >= 15 is 0 Å². The monoisotopic (exact) mass is 382 g/mol. The number of thiazole rings is 1. The van der Waals surface area contributed by atoms with Gasteiger partial charge in [-0.3, -0.25) is 0 Å². The van der Waals surface area contributed by atoms with E-state index in [-0.39, 0.29) is 16.4 Å². The number of hydrogen-bond acceptors (Lipinski definition) is 5. The van der Waals surface area contributed by atoms with Crippen molar-refractivity contribution in [3.8, 4) is 6.07 Å². The molecule has 2 atom stereocenters. The first-order chi connectivity index (χ1) is 12.5. The molecular formula is C20H18N2O2S2. The maximum absolute atomic E-state index is 11.9. The molecule has 1 aromatic heterocycles. The number of aromatic nitrogens is 1. The number of hydrogen-bond donors (Lipinski definition) is 0. The maximum Gasteiger partial charge on any atom is 0.176 e. The molecule has 132 valence electrons. The van der Waals surface area contributed by atoms with Crippen molar-refractivity contribution in [1.82, 2.24) is 4.98 Å². The van der Waals surface area contributed by atoms with Crippen LogP contribution >= 0.6 is 11.3 Å². The van der Waals surface area contributed by atoms with Crippen LogP contribution in [0.3, 0.4) is 0 Å². The van der Waals surface area contributed by atoms with Crippen LogP contribution in [-0.4, -0.2) is 19.7 Å². The molecule has 1 heterocycles. The molecule has 6 heteroatoms. The maximum atomic E-state index is 11.9. The first-order valence-electron chi connectivity index (χ1n) is 8.57. The second-order valence-electron chi connectivity index (χ2n) is 6.80. The molecule has 2 unspecified atom stereocenters. The second kappa shape index (κ2) is 6.49. The second-order valence-corrected chi connectivity index (χ2v) is 9.85. The van der Waals surface area contributed by atoms with E-state index in [1.807, 2.05) is 30.3 Å². The zero-order valence-electron chi connectivity index (χ0n) is 14.3. The van der Waals surface area contributed by atoms with Crippen molar-refractivity contribution in [3.05, 3.63) is 58.6 Å². The van der Waals surface area contributed by atoms with Gasteiger partial charge in [-0.05, 0) is 48.6 Å². The Balaban J connectivity index is 1.74. The van der Waals surface area contributed by atoms with Gasteiger partial charge in [0.15, 0.2) is 9.84 Å². The van der Waals surface area contributed by atoms with Gasteiger partial charge in [-0.1, -0.05) is 24.6 Å². The van der Waals surface area contributed by atoms with Crippen LogP contribution in [0.5, 0.6) is 0 Å². The van der Waals surface area contributed by atoms with Crippen LogP contribution in [0.15, 0.2) is 47.4 Å². The van der Waals surface area contributed by atoms with E-state index in [2.05, 4.69) is 6.07 Å². The smallest absolute Gasteiger partial charge is 0.176 e. The Bertz CT molecular complexity index is 1090. The molecule has 1 aliphatic carbocycles. The largest absolute Gasteiger partial charge is 0.241 e. The van der Waals surface area contributed by atoms with Gasteiger partial charge in [0.05, 0.1) is 25.7 Å². The highest BCUT2D eigenvalue weighted by Gasteiger charge is 2.32. The number of nitriles is 1. The highest BCUT2D eigenvalue weighted by molar-refractivity contribution is 7.90.